The van der Waals surface area contributed by atoms with Crippen LogP contribution in [0.25, 0.3) is 0 Å². The SMILES string of the molecule is CCc1cc(Br)ccc1CN1CCNCC1. The van der Waals surface area contributed by atoms with Gasteiger partial charge in [0.25, 0.3) is 0 Å². The minimum atomic E-state index is 1.10. The Hall–Kier alpha value is -0.380. The minimum Gasteiger partial charge on any atom is -0.314 e. The van der Waals surface area contributed by atoms with E-state index in [1.54, 1.807) is 0 Å². The molecule has 3 heteroatoms. The standard InChI is InChI=1S/C13H19BrN2/c1-2-11-9-13(14)4-3-12(11)10-16-7-5-15-6-8-16/h3-4,9,15H,2,5-8,10H2,1H3. The molecule has 2 nitrogen and oxygen atoms in total. The van der Waals surface area contributed by atoms with Crippen LogP contribution in [0.3, 0.4) is 0 Å². The number of nitrogens with one attached hydrogen (secondary N) is 1. The Balaban J connectivity index is 2.07. The van der Waals surface area contributed by atoms with Gasteiger partial charge in [0.05, 0.1) is 0 Å². The van der Waals surface area contributed by atoms with Gasteiger partial charge in [0.1, 0.15) is 0 Å². The van der Waals surface area contributed by atoms with Crippen LogP contribution < -0.4 is 5.32 Å². The van der Waals surface area contributed by atoms with Gasteiger partial charge in [0, 0.05) is 37.2 Å². The Labute approximate surface area is 106 Å². The highest BCUT2D eigenvalue weighted by Gasteiger charge is 2.11. The zero-order valence-electron chi connectivity index (χ0n) is 9.80. The first-order chi connectivity index (χ1) is 7.79. The van der Waals surface area contributed by atoms with E-state index in [0.29, 0.717) is 0 Å². The van der Waals surface area contributed by atoms with Crippen LogP contribution in [0.15, 0.2) is 22.7 Å². The van der Waals surface area contributed by atoms with E-state index in [1.807, 2.05) is 0 Å². The number of aryl methyl sites for hydroxylation is 1. The quantitative estimate of drug-likeness (QED) is 0.916. The predicted octanol–water partition coefficient (Wildman–Crippen LogP) is 2.42. The van der Waals surface area contributed by atoms with Gasteiger partial charge in [-0.2, -0.15) is 0 Å². The van der Waals surface area contributed by atoms with Crippen molar-refractivity contribution < 1.29 is 0 Å². The van der Waals surface area contributed by atoms with E-state index in [2.05, 4.69) is 51.3 Å². The normalized spacial score (nSPS) is 17.6. The average molecular weight is 283 g/mol. The van der Waals surface area contributed by atoms with Gasteiger partial charge in [-0.05, 0) is 29.7 Å². The minimum absolute atomic E-state index is 1.10. The molecular weight excluding hydrogens is 264 g/mol. The number of hydrogen-bond acceptors (Lipinski definition) is 2. The summed E-state index contributed by atoms with van der Waals surface area (Å²) >= 11 is 3.54. The van der Waals surface area contributed by atoms with Crippen LogP contribution in [0.4, 0.5) is 0 Å². The molecule has 0 spiro atoms. The van der Waals surface area contributed by atoms with Crippen LogP contribution in [0.5, 0.6) is 0 Å². The highest BCUT2D eigenvalue weighted by molar-refractivity contribution is 9.10. The van der Waals surface area contributed by atoms with Crippen LogP contribution in [-0.4, -0.2) is 31.1 Å². The van der Waals surface area contributed by atoms with Crippen molar-refractivity contribution in [2.75, 3.05) is 26.2 Å². The molecule has 0 amide bonds. The van der Waals surface area contributed by atoms with Crippen molar-refractivity contribution in [1.82, 2.24) is 10.2 Å². The maximum absolute atomic E-state index is 3.54. The molecule has 1 saturated heterocycles. The Morgan fingerprint density at radius 2 is 2.00 bits per heavy atom. The number of hydrogen-bond donors (Lipinski definition) is 1. The number of benzene rings is 1. The molecule has 0 saturated carbocycles. The largest absolute Gasteiger partial charge is 0.314 e. The van der Waals surface area contributed by atoms with E-state index in [9.17, 15) is 0 Å². The van der Waals surface area contributed by atoms with Gasteiger partial charge in [0.2, 0.25) is 0 Å². The van der Waals surface area contributed by atoms with Crippen LogP contribution >= 0.6 is 15.9 Å². The van der Waals surface area contributed by atoms with E-state index in [-0.39, 0.29) is 0 Å². The summed E-state index contributed by atoms with van der Waals surface area (Å²) < 4.78 is 1.19. The van der Waals surface area contributed by atoms with Crippen molar-refractivity contribution in [3.05, 3.63) is 33.8 Å². The third kappa shape index (κ3) is 3.06. The summed E-state index contributed by atoms with van der Waals surface area (Å²) in [4.78, 5) is 2.53. The lowest BCUT2D eigenvalue weighted by Gasteiger charge is -2.28. The second kappa shape index (κ2) is 5.80. The number of rotatable bonds is 3. The van der Waals surface area contributed by atoms with E-state index >= 15 is 0 Å². The van der Waals surface area contributed by atoms with E-state index < -0.39 is 0 Å². The lowest BCUT2D eigenvalue weighted by Crippen LogP contribution is -2.43. The molecule has 0 radical (unpaired) electrons. The first-order valence-corrected chi connectivity index (χ1v) is 6.79. The third-order valence-electron chi connectivity index (χ3n) is 3.15. The van der Waals surface area contributed by atoms with Crippen LogP contribution in [0, 0.1) is 0 Å². The lowest BCUT2D eigenvalue weighted by molar-refractivity contribution is 0.232. The molecule has 1 aromatic carbocycles. The maximum Gasteiger partial charge on any atom is 0.0237 e. The monoisotopic (exact) mass is 282 g/mol. The predicted molar refractivity (Wildman–Crippen MR) is 71.7 cm³/mol. The van der Waals surface area contributed by atoms with Gasteiger partial charge in [-0.1, -0.05) is 28.9 Å². The van der Waals surface area contributed by atoms with Crippen molar-refractivity contribution in [1.29, 1.82) is 0 Å². The number of piperazine rings is 1. The van der Waals surface area contributed by atoms with E-state index in [0.717, 1.165) is 26.1 Å². The summed E-state index contributed by atoms with van der Waals surface area (Å²) in [5.41, 5.74) is 2.94. The molecule has 1 aromatic rings. The van der Waals surface area contributed by atoms with Gasteiger partial charge in [-0.3, -0.25) is 4.90 Å². The molecular formula is C13H19BrN2. The van der Waals surface area contributed by atoms with Crippen LogP contribution in [0.2, 0.25) is 0 Å². The Kier molecular flexibility index (Phi) is 4.38. The first-order valence-electron chi connectivity index (χ1n) is 6.00. The second-order valence-electron chi connectivity index (χ2n) is 4.29. The van der Waals surface area contributed by atoms with Crippen molar-refractivity contribution in [3.63, 3.8) is 0 Å². The van der Waals surface area contributed by atoms with Crippen molar-refractivity contribution >= 4 is 15.9 Å². The van der Waals surface area contributed by atoms with Gasteiger partial charge in [-0.25, -0.2) is 0 Å². The molecule has 0 atom stereocenters. The summed E-state index contributed by atoms with van der Waals surface area (Å²) in [5.74, 6) is 0. The number of halogens is 1. The van der Waals surface area contributed by atoms with Crippen LogP contribution in [0.1, 0.15) is 18.1 Å². The maximum atomic E-state index is 3.54. The molecule has 0 aromatic heterocycles. The summed E-state index contributed by atoms with van der Waals surface area (Å²) in [5, 5.41) is 3.39. The molecule has 0 aliphatic carbocycles. The van der Waals surface area contributed by atoms with Gasteiger partial charge in [0.15, 0.2) is 0 Å². The first kappa shape index (κ1) is 12.1. The summed E-state index contributed by atoms with van der Waals surface area (Å²) in [7, 11) is 0. The van der Waals surface area contributed by atoms with Crippen molar-refractivity contribution in [2.24, 2.45) is 0 Å². The molecule has 1 fully saturated rings. The molecule has 2 rings (SSSR count). The zero-order valence-corrected chi connectivity index (χ0v) is 11.4. The fourth-order valence-electron chi connectivity index (χ4n) is 2.19. The average Bonchev–Trinajstić information content (AvgIpc) is 2.33. The topological polar surface area (TPSA) is 15.3 Å². The number of nitrogens with zero attached hydrogens (tertiary/aromatic N) is 1. The highest BCUT2D eigenvalue weighted by atomic mass is 79.9. The van der Waals surface area contributed by atoms with Crippen LogP contribution in [-0.2, 0) is 13.0 Å². The Bertz CT molecular complexity index is 346. The van der Waals surface area contributed by atoms with Crippen molar-refractivity contribution in [2.45, 2.75) is 19.9 Å². The van der Waals surface area contributed by atoms with Gasteiger partial charge < -0.3 is 5.32 Å². The second-order valence-corrected chi connectivity index (χ2v) is 5.21. The van der Waals surface area contributed by atoms with Crippen molar-refractivity contribution in [3.8, 4) is 0 Å². The molecule has 0 bridgehead atoms. The Morgan fingerprint density at radius 1 is 1.25 bits per heavy atom. The molecule has 1 N–H and O–H groups in total. The molecule has 16 heavy (non-hydrogen) atoms. The van der Waals surface area contributed by atoms with E-state index in [1.165, 1.54) is 28.7 Å². The third-order valence-corrected chi connectivity index (χ3v) is 3.65. The smallest absolute Gasteiger partial charge is 0.0237 e. The summed E-state index contributed by atoms with van der Waals surface area (Å²) in [6.45, 7) is 7.90. The molecule has 1 aliphatic rings. The fraction of sp³-hybridized carbons (Fsp3) is 0.538. The van der Waals surface area contributed by atoms with E-state index in [4.69, 9.17) is 0 Å². The summed E-state index contributed by atoms with van der Waals surface area (Å²) in [6.07, 6.45) is 1.11. The summed E-state index contributed by atoms with van der Waals surface area (Å²) in [6, 6.07) is 6.65. The molecule has 1 heterocycles. The fourth-order valence-corrected chi connectivity index (χ4v) is 2.60. The van der Waals surface area contributed by atoms with Gasteiger partial charge >= 0.3 is 0 Å². The molecule has 88 valence electrons. The molecule has 0 unspecified atom stereocenters. The van der Waals surface area contributed by atoms with Gasteiger partial charge in [-0.15, -0.1) is 0 Å². The highest BCUT2D eigenvalue weighted by Crippen LogP contribution is 2.19. The Morgan fingerprint density at radius 3 is 2.69 bits per heavy atom. The zero-order chi connectivity index (χ0) is 11.4. The molecule has 1 aliphatic heterocycles. The lowest BCUT2D eigenvalue weighted by atomic mass is 10.0.